The summed E-state index contributed by atoms with van der Waals surface area (Å²) in [7, 11) is 0. The summed E-state index contributed by atoms with van der Waals surface area (Å²) in [4.78, 5) is 12.4. The van der Waals surface area contributed by atoms with Crippen LogP contribution in [0.4, 0.5) is 0 Å². The molecule has 0 saturated heterocycles. The third-order valence-corrected chi connectivity index (χ3v) is 4.43. The predicted octanol–water partition coefficient (Wildman–Crippen LogP) is 3.13. The van der Waals surface area contributed by atoms with Gasteiger partial charge in [-0.25, -0.2) is 0 Å². The van der Waals surface area contributed by atoms with Gasteiger partial charge in [0.05, 0.1) is 17.7 Å². The molecule has 1 saturated carbocycles. The van der Waals surface area contributed by atoms with Crippen molar-refractivity contribution in [3.8, 4) is 0 Å². The average Bonchev–Trinajstić information content (AvgIpc) is 2.71. The SMILES string of the molecule is CC1(C)CC(=O)[C@H]2C(c3cccc(Br)c3)=NN[C@H]2C1. The molecule has 0 aromatic heterocycles. The second-order valence-corrected chi connectivity index (χ2v) is 7.15. The molecule has 0 amide bonds. The number of ketones is 1. The Hall–Kier alpha value is -1.16. The first-order valence-electron chi connectivity index (χ1n) is 6.58. The van der Waals surface area contributed by atoms with E-state index in [0.717, 1.165) is 22.2 Å². The zero-order valence-corrected chi connectivity index (χ0v) is 12.7. The number of carbonyl (C=O) groups excluding carboxylic acids is 1. The average molecular weight is 321 g/mol. The van der Waals surface area contributed by atoms with Crippen molar-refractivity contribution in [3.05, 3.63) is 34.3 Å². The minimum Gasteiger partial charge on any atom is -0.306 e. The van der Waals surface area contributed by atoms with Crippen LogP contribution in [0, 0.1) is 11.3 Å². The van der Waals surface area contributed by atoms with Gasteiger partial charge in [0.2, 0.25) is 0 Å². The van der Waals surface area contributed by atoms with Gasteiger partial charge in [-0.3, -0.25) is 4.79 Å². The number of Topliss-reactive ketones (excluding diaryl/α,β-unsaturated/α-hetero) is 1. The largest absolute Gasteiger partial charge is 0.306 e. The van der Waals surface area contributed by atoms with Crippen LogP contribution in [0.3, 0.4) is 0 Å². The highest BCUT2D eigenvalue weighted by Crippen LogP contribution is 2.39. The number of halogens is 1. The van der Waals surface area contributed by atoms with Gasteiger partial charge in [-0.1, -0.05) is 41.9 Å². The number of nitrogens with one attached hydrogen (secondary N) is 1. The van der Waals surface area contributed by atoms with Crippen molar-refractivity contribution < 1.29 is 4.79 Å². The van der Waals surface area contributed by atoms with Crippen LogP contribution in [0.5, 0.6) is 0 Å². The Bertz CT molecular complexity index is 565. The molecular formula is C15H17BrN2O. The predicted molar refractivity (Wildman–Crippen MR) is 79.1 cm³/mol. The molecule has 0 spiro atoms. The maximum Gasteiger partial charge on any atom is 0.144 e. The first-order chi connectivity index (χ1) is 8.96. The van der Waals surface area contributed by atoms with Crippen LogP contribution in [0.1, 0.15) is 32.3 Å². The van der Waals surface area contributed by atoms with Crippen LogP contribution in [0.15, 0.2) is 33.8 Å². The molecule has 0 radical (unpaired) electrons. The molecule has 1 heterocycles. The Morgan fingerprint density at radius 2 is 2.21 bits per heavy atom. The maximum absolute atomic E-state index is 12.4. The Kier molecular flexibility index (Phi) is 3.01. The fourth-order valence-corrected chi connectivity index (χ4v) is 3.57. The zero-order chi connectivity index (χ0) is 13.6. The van der Waals surface area contributed by atoms with Gasteiger partial charge >= 0.3 is 0 Å². The Balaban J connectivity index is 1.93. The number of hydrazone groups is 1. The van der Waals surface area contributed by atoms with Crippen LogP contribution in [-0.2, 0) is 4.79 Å². The minimum atomic E-state index is -0.0812. The second kappa shape index (κ2) is 4.44. The van der Waals surface area contributed by atoms with Gasteiger partial charge in [0.15, 0.2) is 0 Å². The Morgan fingerprint density at radius 3 is 2.95 bits per heavy atom. The van der Waals surface area contributed by atoms with E-state index in [4.69, 9.17) is 0 Å². The van der Waals surface area contributed by atoms with Crippen molar-refractivity contribution in [1.29, 1.82) is 0 Å². The standard InChI is InChI=1S/C15H17BrN2O/c1-15(2)7-11-13(12(19)8-15)14(18-17-11)9-4-3-5-10(16)6-9/h3-6,11,13,17H,7-8H2,1-2H3/t11-,13-/m0/s1. The maximum atomic E-state index is 12.4. The molecular weight excluding hydrogens is 304 g/mol. The summed E-state index contributed by atoms with van der Waals surface area (Å²) in [6, 6.07) is 8.16. The Morgan fingerprint density at radius 1 is 1.42 bits per heavy atom. The molecule has 3 rings (SSSR count). The number of benzene rings is 1. The number of fused-ring (bicyclic) bond motifs is 1. The van der Waals surface area contributed by atoms with E-state index in [1.54, 1.807) is 0 Å². The molecule has 1 aromatic carbocycles. The fourth-order valence-electron chi connectivity index (χ4n) is 3.17. The topological polar surface area (TPSA) is 41.5 Å². The molecule has 2 atom stereocenters. The van der Waals surface area contributed by atoms with E-state index in [-0.39, 0.29) is 17.4 Å². The second-order valence-electron chi connectivity index (χ2n) is 6.23. The van der Waals surface area contributed by atoms with Crippen molar-refractivity contribution in [2.24, 2.45) is 16.4 Å². The molecule has 0 unspecified atom stereocenters. The minimum absolute atomic E-state index is 0.0769. The monoisotopic (exact) mass is 320 g/mol. The third kappa shape index (κ3) is 2.34. The summed E-state index contributed by atoms with van der Waals surface area (Å²) < 4.78 is 1.01. The van der Waals surface area contributed by atoms with Crippen LogP contribution in [0.2, 0.25) is 0 Å². The molecule has 1 aromatic rings. The smallest absolute Gasteiger partial charge is 0.144 e. The van der Waals surface area contributed by atoms with E-state index in [9.17, 15) is 4.79 Å². The molecule has 100 valence electrons. The van der Waals surface area contributed by atoms with Gasteiger partial charge in [-0.15, -0.1) is 0 Å². The van der Waals surface area contributed by atoms with Crippen molar-refractivity contribution >= 4 is 27.4 Å². The molecule has 19 heavy (non-hydrogen) atoms. The first kappa shape index (κ1) is 12.9. The van der Waals surface area contributed by atoms with Crippen molar-refractivity contribution in [3.63, 3.8) is 0 Å². The van der Waals surface area contributed by atoms with E-state index in [1.165, 1.54) is 0 Å². The van der Waals surface area contributed by atoms with E-state index in [2.05, 4.69) is 40.3 Å². The van der Waals surface area contributed by atoms with Crippen LogP contribution < -0.4 is 5.43 Å². The van der Waals surface area contributed by atoms with Gasteiger partial charge in [0.25, 0.3) is 0 Å². The van der Waals surface area contributed by atoms with Crippen molar-refractivity contribution in [2.75, 3.05) is 0 Å². The summed E-state index contributed by atoms with van der Waals surface area (Å²) in [5.41, 5.74) is 5.17. The Labute approximate surface area is 121 Å². The highest BCUT2D eigenvalue weighted by Gasteiger charge is 2.46. The fraction of sp³-hybridized carbons (Fsp3) is 0.467. The van der Waals surface area contributed by atoms with Crippen LogP contribution >= 0.6 is 15.9 Å². The molecule has 3 nitrogen and oxygen atoms in total. The summed E-state index contributed by atoms with van der Waals surface area (Å²) in [5, 5.41) is 4.43. The lowest BCUT2D eigenvalue weighted by atomic mass is 9.68. The lowest BCUT2D eigenvalue weighted by Crippen LogP contribution is -2.45. The summed E-state index contributed by atoms with van der Waals surface area (Å²) in [6.45, 7) is 4.31. The molecule has 4 heteroatoms. The summed E-state index contributed by atoms with van der Waals surface area (Å²) in [6.07, 6.45) is 1.63. The van der Waals surface area contributed by atoms with E-state index in [0.29, 0.717) is 12.2 Å². The van der Waals surface area contributed by atoms with Gasteiger partial charge in [-0.05, 0) is 29.5 Å². The van der Waals surface area contributed by atoms with E-state index in [1.807, 2.05) is 24.3 Å². The number of hydrogen-bond acceptors (Lipinski definition) is 3. The van der Waals surface area contributed by atoms with Crippen LogP contribution in [0.25, 0.3) is 0 Å². The van der Waals surface area contributed by atoms with Gasteiger partial charge in [0, 0.05) is 10.9 Å². The van der Waals surface area contributed by atoms with E-state index < -0.39 is 0 Å². The number of carbonyl (C=O) groups is 1. The van der Waals surface area contributed by atoms with Crippen molar-refractivity contribution in [2.45, 2.75) is 32.7 Å². The first-order valence-corrected chi connectivity index (χ1v) is 7.37. The summed E-state index contributed by atoms with van der Waals surface area (Å²) in [5.74, 6) is 0.229. The number of hydrogen-bond donors (Lipinski definition) is 1. The lowest BCUT2D eigenvalue weighted by molar-refractivity contribution is -0.126. The van der Waals surface area contributed by atoms with Gasteiger partial charge < -0.3 is 5.43 Å². The normalized spacial score (nSPS) is 28.6. The van der Waals surface area contributed by atoms with Crippen LogP contribution in [-0.4, -0.2) is 17.5 Å². The number of rotatable bonds is 1. The zero-order valence-electron chi connectivity index (χ0n) is 11.1. The molecule has 1 aliphatic heterocycles. The molecule has 1 N–H and O–H groups in total. The molecule has 1 aliphatic carbocycles. The molecule has 0 bridgehead atoms. The highest BCUT2D eigenvalue weighted by atomic mass is 79.9. The quantitative estimate of drug-likeness (QED) is 0.863. The molecule has 1 fully saturated rings. The highest BCUT2D eigenvalue weighted by molar-refractivity contribution is 9.10. The number of nitrogens with zero attached hydrogens (tertiary/aromatic N) is 1. The van der Waals surface area contributed by atoms with E-state index >= 15 is 0 Å². The molecule has 2 aliphatic rings. The third-order valence-electron chi connectivity index (χ3n) is 3.94. The van der Waals surface area contributed by atoms with Gasteiger partial charge in [0.1, 0.15) is 5.78 Å². The van der Waals surface area contributed by atoms with Crippen molar-refractivity contribution in [1.82, 2.24) is 5.43 Å². The van der Waals surface area contributed by atoms with Gasteiger partial charge in [-0.2, -0.15) is 5.10 Å². The lowest BCUT2D eigenvalue weighted by Gasteiger charge is -2.36. The summed E-state index contributed by atoms with van der Waals surface area (Å²) >= 11 is 3.47.